The number of unbranched alkanes of at least 4 members (excludes halogenated alkanes) is 5. The van der Waals surface area contributed by atoms with Crippen LogP contribution in [0.5, 0.6) is 17.2 Å². The van der Waals surface area contributed by atoms with Crippen LogP contribution in [0.25, 0.3) is 0 Å². The van der Waals surface area contributed by atoms with Crippen molar-refractivity contribution < 1.29 is 38.2 Å². The summed E-state index contributed by atoms with van der Waals surface area (Å²) >= 11 is 0. The van der Waals surface area contributed by atoms with Crippen molar-refractivity contribution in [3.8, 4) is 17.2 Å². The topological polar surface area (TPSA) is 152 Å². The van der Waals surface area contributed by atoms with Gasteiger partial charge in [0.1, 0.15) is 11.8 Å². The zero-order valence-electron chi connectivity index (χ0n) is 30.0. The second kappa shape index (κ2) is 18.7. The lowest BCUT2D eigenvalue weighted by Crippen LogP contribution is -2.54. The molecule has 2 aliphatic rings. The van der Waals surface area contributed by atoms with Crippen molar-refractivity contribution in [3.63, 3.8) is 0 Å². The number of piperidine rings is 1. The number of nitrogens with one attached hydrogen (secondary N) is 3. The van der Waals surface area contributed by atoms with Crippen molar-refractivity contribution in [1.29, 1.82) is 0 Å². The van der Waals surface area contributed by atoms with Crippen molar-refractivity contribution in [3.05, 3.63) is 82.9 Å². The number of imide groups is 2. The Labute approximate surface area is 304 Å². The molecule has 12 nitrogen and oxygen atoms in total. The average Bonchev–Trinajstić information content (AvgIpc) is 3.41. The van der Waals surface area contributed by atoms with Crippen molar-refractivity contribution in [2.75, 3.05) is 39.2 Å². The normalized spacial score (nSPS) is 15.3. The maximum absolute atomic E-state index is 13.2. The minimum Gasteiger partial charge on any atom is -0.493 e. The molecule has 3 aromatic rings. The Hall–Kier alpha value is -5.39. The number of aryl methyl sites for hydroxylation is 2. The first-order valence-corrected chi connectivity index (χ1v) is 18.1. The van der Waals surface area contributed by atoms with E-state index >= 15 is 0 Å². The van der Waals surface area contributed by atoms with Gasteiger partial charge in [-0.15, -0.1) is 0 Å². The van der Waals surface area contributed by atoms with Gasteiger partial charge in [0.2, 0.25) is 11.8 Å². The van der Waals surface area contributed by atoms with Gasteiger partial charge in [-0.1, -0.05) is 49.9 Å². The van der Waals surface area contributed by atoms with Gasteiger partial charge in [-0.05, 0) is 86.1 Å². The number of hydrogen-bond acceptors (Lipinski definition) is 9. The van der Waals surface area contributed by atoms with Gasteiger partial charge in [0.05, 0.1) is 25.3 Å². The van der Waals surface area contributed by atoms with Crippen LogP contribution in [-0.4, -0.2) is 74.4 Å². The summed E-state index contributed by atoms with van der Waals surface area (Å²) in [5, 5.41) is 8.43. The molecule has 2 aliphatic heterocycles. The van der Waals surface area contributed by atoms with Crippen molar-refractivity contribution in [1.82, 2.24) is 15.5 Å². The first kappa shape index (κ1) is 37.9. The fourth-order valence-corrected chi connectivity index (χ4v) is 6.56. The van der Waals surface area contributed by atoms with E-state index in [0.29, 0.717) is 24.5 Å². The lowest BCUT2D eigenvalue weighted by atomic mass is 10.0. The van der Waals surface area contributed by atoms with Crippen LogP contribution in [0.1, 0.15) is 89.6 Å². The Morgan fingerprint density at radius 2 is 1.48 bits per heavy atom. The molecular weight excluding hydrogens is 664 g/mol. The van der Waals surface area contributed by atoms with Crippen LogP contribution < -0.4 is 30.2 Å². The number of methoxy groups -OCH3 is 2. The third-order valence-corrected chi connectivity index (χ3v) is 9.38. The van der Waals surface area contributed by atoms with Crippen molar-refractivity contribution >= 4 is 35.2 Å². The van der Waals surface area contributed by atoms with Crippen LogP contribution in [0.15, 0.2) is 60.7 Å². The van der Waals surface area contributed by atoms with Gasteiger partial charge >= 0.3 is 0 Å². The van der Waals surface area contributed by atoms with E-state index in [0.717, 1.165) is 74.2 Å². The molecule has 1 atom stereocenters. The zero-order valence-corrected chi connectivity index (χ0v) is 30.0. The van der Waals surface area contributed by atoms with E-state index in [1.165, 1.54) is 11.1 Å². The molecule has 5 amide bonds. The third-order valence-electron chi connectivity index (χ3n) is 9.38. The molecule has 1 fully saturated rings. The van der Waals surface area contributed by atoms with Gasteiger partial charge in [0.15, 0.2) is 18.1 Å². The van der Waals surface area contributed by atoms with Gasteiger partial charge in [-0.25, -0.2) is 0 Å². The number of carbonyl (C=O) groups is 5. The molecule has 0 radical (unpaired) electrons. The standard InChI is InChI=1S/C40H48N4O8/c1-50-33-21-17-28(25-34(33)51-2)12-9-11-27-15-18-29(19-16-27)52-26-36(46)42-24-8-6-4-3-5-7-23-41-31-14-10-13-30-37(31)40(49)44(39(30)48)32-20-22-35(45)43-38(32)47/h10,13-19,21,25,32,41H,3-9,11-12,20,22-24,26H2,1-2H3,(H,42,46)(H,43,45,47). The summed E-state index contributed by atoms with van der Waals surface area (Å²) in [4.78, 5) is 63.4. The van der Waals surface area contributed by atoms with E-state index in [1.807, 2.05) is 36.4 Å². The number of rotatable bonds is 20. The maximum atomic E-state index is 13.2. The summed E-state index contributed by atoms with van der Waals surface area (Å²) in [5.74, 6) is -0.0557. The number of carbonyl (C=O) groups excluding carboxylic acids is 5. The smallest absolute Gasteiger partial charge is 0.264 e. The van der Waals surface area contributed by atoms with E-state index in [9.17, 15) is 24.0 Å². The molecule has 0 saturated carbocycles. The Bertz CT molecular complexity index is 1740. The molecule has 3 aromatic carbocycles. The van der Waals surface area contributed by atoms with E-state index in [4.69, 9.17) is 14.2 Å². The monoisotopic (exact) mass is 712 g/mol. The Kier molecular flexibility index (Phi) is 13.6. The third kappa shape index (κ3) is 9.89. The van der Waals surface area contributed by atoms with E-state index in [-0.39, 0.29) is 36.5 Å². The number of hydrogen-bond donors (Lipinski definition) is 3. The molecule has 0 aliphatic carbocycles. The largest absolute Gasteiger partial charge is 0.493 e. The van der Waals surface area contributed by atoms with Crippen LogP contribution in [-0.2, 0) is 27.2 Å². The van der Waals surface area contributed by atoms with E-state index in [2.05, 4.69) is 22.0 Å². The fourth-order valence-electron chi connectivity index (χ4n) is 6.56. The fraction of sp³-hybridized carbons (Fsp3) is 0.425. The SMILES string of the molecule is COc1ccc(CCCc2ccc(OCC(=O)NCCCCCCCCNc3cccc4c3C(=O)N(C3CCC(=O)NC3=O)C4=O)cc2)cc1OC. The molecule has 2 heterocycles. The van der Waals surface area contributed by atoms with Gasteiger partial charge in [0.25, 0.3) is 17.7 Å². The Balaban J connectivity index is 0.897. The van der Waals surface area contributed by atoms with Gasteiger partial charge in [0, 0.05) is 25.2 Å². The number of benzene rings is 3. The average molecular weight is 713 g/mol. The second-order valence-corrected chi connectivity index (χ2v) is 13.0. The van der Waals surface area contributed by atoms with Gasteiger partial charge < -0.3 is 24.8 Å². The second-order valence-electron chi connectivity index (χ2n) is 13.0. The molecule has 12 heteroatoms. The van der Waals surface area contributed by atoms with Crippen molar-refractivity contribution in [2.45, 2.75) is 76.7 Å². The Morgan fingerprint density at radius 1 is 0.788 bits per heavy atom. The highest BCUT2D eigenvalue weighted by Gasteiger charge is 2.45. The Morgan fingerprint density at radius 3 is 2.21 bits per heavy atom. The van der Waals surface area contributed by atoms with Gasteiger partial charge in [-0.2, -0.15) is 0 Å². The number of ether oxygens (including phenoxy) is 3. The molecule has 1 saturated heterocycles. The molecular formula is C40H48N4O8. The molecule has 1 unspecified atom stereocenters. The van der Waals surface area contributed by atoms with Crippen molar-refractivity contribution in [2.24, 2.45) is 0 Å². The minimum atomic E-state index is -0.984. The zero-order chi connectivity index (χ0) is 36.9. The summed E-state index contributed by atoms with van der Waals surface area (Å²) in [6, 6.07) is 18.0. The molecule has 276 valence electrons. The molecule has 0 aromatic heterocycles. The predicted octanol–water partition coefficient (Wildman–Crippen LogP) is 5.23. The van der Waals surface area contributed by atoms with Crippen LogP contribution in [0, 0.1) is 0 Å². The lowest BCUT2D eigenvalue weighted by molar-refractivity contribution is -0.136. The highest BCUT2D eigenvalue weighted by molar-refractivity contribution is 6.25. The quantitative estimate of drug-likeness (QED) is 0.106. The highest BCUT2D eigenvalue weighted by atomic mass is 16.5. The van der Waals surface area contributed by atoms with Crippen LogP contribution >= 0.6 is 0 Å². The predicted molar refractivity (Wildman–Crippen MR) is 196 cm³/mol. The lowest BCUT2D eigenvalue weighted by Gasteiger charge is -2.27. The van der Waals surface area contributed by atoms with Crippen LogP contribution in [0.4, 0.5) is 5.69 Å². The maximum Gasteiger partial charge on any atom is 0.264 e. The first-order chi connectivity index (χ1) is 25.3. The minimum absolute atomic E-state index is 0.0228. The number of nitrogens with zero attached hydrogens (tertiary/aromatic N) is 1. The first-order valence-electron chi connectivity index (χ1n) is 18.1. The van der Waals surface area contributed by atoms with Crippen LogP contribution in [0.2, 0.25) is 0 Å². The highest BCUT2D eigenvalue weighted by Crippen LogP contribution is 2.32. The summed E-state index contributed by atoms with van der Waals surface area (Å²) in [7, 11) is 3.27. The molecule has 52 heavy (non-hydrogen) atoms. The molecule has 0 spiro atoms. The summed E-state index contributed by atoms with van der Waals surface area (Å²) < 4.78 is 16.4. The van der Waals surface area contributed by atoms with Gasteiger partial charge in [-0.3, -0.25) is 34.2 Å². The molecule has 3 N–H and O–H groups in total. The van der Waals surface area contributed by atoms with Crippen LogP contribution in [0.3, 0.4) is 0 Å². The molecule has 0 bridgehead atoms. The van der Waals surface area contributed by atoms with E-state index in [1.54, 1.807) is 32.4 Å². The number of anilines is 1. The summed E-state index contributed by atoms with van der Waals surface area (Å²) in [6.45, 7) is 1.21. The summed E-state index contributed by atoms with van der Waals surface area (Å²) in [5.41, 5.74) is 3.52. The number of amides is 5. The summed E-state index contributed by atoms with van der Waals surface area (Å²) in [6.07, 6.45) is 8.92. The van der Waals surface area contributed by atoms with E-state index < -0.39 is 29.7 Å². The number of fused-ring (bicyclic) bond motifs is 1. The molecule has 5 rings (SSSR count).